The Morgan fingerprint density at radius 3 is 2.38 bits per heavy atom. The Morgan fingerprint density at radius 1 is 0.938 bits per heavy atom. The van der Waals surface area contributed by atoms with Gasteiger partial charge in [-0.15, -0.1) is 0 Å². The van der Waals surface area contributed by atoms with E-state index in [9.17, 15) is 9.59 Å². The number of pyridine rings is 1. The number of carbonyl (C=O) groups excluding carboxylic acids is 1. The topological polar surface area (TPSA) is 87.7 Å². The third kappa shape index (κ3) is 4.07. The second-order valence-corrected chi connectivity index (χ2v) is 7.93. The molecule has 1 atom stereocenters. The number of carbonyl (C=O) groups is 1. The van der Waals surface area contributed by atoms with Gasteiger partial charge in [0.2, 0.25) is 0 Å². The number of nitrogens with zero attached hydrogens (tertiary/aromatic N) is 2. The summed E-state index contributed by atoms with van der Waals surface area (Å²) in [6, 6.07) is 22.7. The van der Waals surface area contributed by atoms with Crippen molar-refractivity contribution in [1.29, 1.82) is 0 Å². The molecular formula is C26H22N4O2. The Bertz CT molecular complexity index is 1320. The van der Waals surface area contributed by atoms with Gasteiger partial charge in [0.25, 0.3) is 11.5 Å². The standard InChI is InChI=1S/C26H22N4O2/c31-25(21-12-14-22(30-26(21)32)17-7-3-1-4-8-17)28-20-11-13-23-19(15-20)16-27-24(29-23)18-9-5-2-6-10-18/h1-10,12,14,16,20H,11,13,15H2,(H,28,31)(H,30,32). The molecule has 0 radical (unpaired) electrons. The highest BCUT2D eigenvalue weighted by molar-refractivity contribution is 5.94. The first-order chi connectivity index (χ1) is 15.7. The van der Waals surface area contributed by atoms with Gasteiger partial charge in [-0.25, -0.2) is 9.97 Å². The van der Waals surface area contributed by atoms with Gasteiger partial charge in [0, 0.05) is 29.2 Å². The quantitative estimate of drug-likeness (QED) is 0.524. The average molecular weight is 422 g/mol. The van der Waals surface area contributed by atoms with Crippen molar-refractivity contribution >= 4 is 5.91 Å². The molecule has 0 fully saturated rings. The van der Waals surface area contributed by atoms with Crippen molar-refractivity contribution in [3.05, 3.63) is 106 Å². The van der Waals surface area contributed by atoms with Crippen LogP contribution in [0.3, 0.4) is 0 Å². The number of benzene rings is 2. The van der Waals surface area contributed by atoms with E-state index >= 15 is 0 Å². The SMILES string of the molecule is O=C(NC1CCc2nc(-c3ccccc3)ncc2C1)c1ccc(-c2ccccc2)[nH]c1=O. The van der Waals surface area contributed by atoms with Gasteiger partial charge in [0.15, 0.2) is 5.82 Å². The second kappa shape index (κ2) is 8.59. The van der Waals surface area contributed by atoms with E-state index in [1.54, 1.807) is 12.1 Å². The lowest BCUT2D eigenvalue weighted by molar-refractivity contribution is 0.0932. The second-order valence-electron chi connectivity index (χ2n) is 7.93. The van der Waals surface area contributed by atoms with Crippen molar-refractivity contribution in [2.75, 3.05) is 0 Å². The fourth-order valence-electron chi connectivity index (χ4n) is 4.06. The minimum Gasteiger partial charge on any atom is -0.349 e. The molecule has 2 N–H and O–H groups in total. The molecular weight excluding hydrogens is 400 g/mol. The van der Waals surface area contributed by atoms with Crippen LogP contribution in [0.4, 0.5) is 0 Å². The summed E-state index contributed by atoms with van der Waals surface area (Å²) in [6.45, 7) is 0. The summed E-state index contributed by atoms with van der Waals surface area (Å²) in [6.07, 6.45) is 4.02. The maximum Gasteiger partial charge on any atom is 0.261 e. The van der Waals surface area contributed by atoms with Gasteiger partial charge in [0.1, 0.15) is 5.56 Å². The number of aromatic amines is 1. The summed E-state index contributed by atoms with van der Waals surface area (Å²) >= 11 is 0. The highest BCUT2D eigenvalue weighted by Gasteiger charge is 2.23. The average Bonchev–Trinajstić information content (AvgIpc) is 2.84. The monoisotopic (exact) mass is 422 g/mol. The largest absolute Gasteiger partial charge is 0.349 e. The van der Waals surface area contributed by atoms with Gasteiger partial charge >= 0.3 is 0 Å². The molecule has 0 bridgehead atoms. The zero-order chi connectivity index (χ0) is 21.9. The molecule has 4 aromatic rings. The van der Waals surface area contributed by atoms with Gasteiger partial charge in [0.05, 0.1) is 0 Å². The van der Waals surface area contributed by atoms with Crippen LogP contribution in [-0.4, -0.2) is 26.9 Å². The summed E-state index contributed by atoms with van der Waals surface area (Å²) in [5.41, 5.74) is 4.36. The molecule has 2 aromatic heterocycles. The highest BCUT2D eigenvalue weighted by Crippen LogP contribution is 2.23. The molecule has 5 rings (SSSR count). The van der Waals surface area contributed by atoms with Crippen LogP contribution in [0.2, 0.25) is 0 Å². The minimum absolute atomic E-state index is 0.0608. The number of hydrogen-bond donors (Lipinski definition) is 2. The Morgan fingerprint density at radius 2 is 1.66 bits per heavy atom. The summed E-state index contributed by atoms with van der Waals surface area (Å²) in [5.74, 6) is 0.359. The van der Waals surface area contributed by atoms with Crippen molar-refractivity contribution in [2.45, 2.75) is 25.3 Å². The molecule has 6 nitrogen and oxygen atoms in total. The number of rotatable bonds is 4. The molecule has 158 valence electrons. The molecule has 1 aliphatic rings. The number of nitrogens with one attached hydrogen (secondary N) is 2. The highest BCUT2D eigenvalue weighted by atomic mass is 16.2. The molecule has 2 heterocycles. The van der Waals surface area contributed by atoms with E-state index in [1.165, 1.54) is 0 Å². The van der Waals surface area contributed by atoms with E-state index in [-0.39, 0.29) is 17.5 Å². The lowest BCUT2D eigenvalue weighted by Crippen LogP contribution is -2.41. The molecule has 0 saturated heterocycles. The van der Waals surface area contributed by atoms with Crippen LogP contribution in [0, 0.1) is 0 Å². The molecule has 1 unspecified atom stereocenters. The van der Waals surface area contributed by atoms with Crippen molar-refractivity contribution in [3.63, 3.8) is 0 Å². The van der Waals surface area contributed by atoms with Gasteiger partial charge in [-0.05, 0) is 42.5 Å². The Balaban J connectivity index is 1.29. The summed E-state index contributed by atoms with van der Waals surface area (Å²) in [7, 11) is 0. The molecule has 0 spiro atoms. The van der Waals surface area contributed by atoms with Gasteiger partial charge in [-0.2, -0.15) is 0 Å². The Kier molecular flexibility index (Phi) is 5.34. The minimum atomic E-state index is -0.393. The van der Waals surface area contributed by atoms with Gasteiger partial charge in [-0.3, -0.25) is 9.59 Å². The van der Waals surface area contributed by atoms with E-state index in [4.69, 9.17) is 4.98 Å². The van der Waals surface area contributed by atoms with E-state index in [1.807, 2.05) is 66.9 Å². The van der Waals surface area contributed by atoms with Gasteiger partial charge < -0.3 is 10.3 Å². The number of fused-ring (bicyclic) bond motifs is 1. The predicted molar refractivity (Wildman–Crippen MR) is 123 cm³/mol. The van der Waals surface area contributed by atoms with Crippen molar-refractivity contribution in [2.24, 2.45) is 0 Å². The van der Waals surface area contributed by atoms with Crippen LogP contribution in [0.5, 0.6) is 0 Å². The zero-order valence-corrected chi connectivity index (χ0v) is 17.4. The third-order valence-electron chi connectivity index (χ3n) is 5.76. The van der Waals surface area contributed by atoms with E-state index in [0.29, 0.717) is 12.1 Å². The number of H-pyrrole nitrogens is 1. The molecule has 32 heavy (non-hydrogen) atoms. The predicted octanol–water partition coefficient (Wildman–Crippen LogP) is 3.79. The number of hydrogen-bond acceptors (Lipinski definition) is 4. The van der Waals surface area contributed by atoms with Crippen LogP contribution < -0.4 is 10.9 Å². The van der Waals surface area contributed by atoms with E-state index in [0.717, 1.165) is 41.1 Å². The molecule has 0 aliphatic heterocycles. The first-order valence-electron chi connectivity index (χ1n) is 10.7. The summed E-state index contributed by atoms with van der Waals surface area (Å²) in [4.78, 5) is 37.3. The van der Waals surface area contributed by atoms with Crippen LogP contribution in [0.15, 0.2) is 83.8 Å². The molecule has 6 heteroatoms. The lowest BCUT2D eigenvalue weighted by atomic mass is 9.92. The first kappa shape index (κ1) is 19.9. The van der Waals surface area contributed by atoms with E-state index in [2.05, 4.69) is 15.3 Å². The Labute approximate surface area is 185 Å². The van der Waals surface area contributed by atoms with Crippen LogP contribution in [0.1, 0.15) is 28.0 Å². The van der Waals surface area contributed by atoms with Crippen LogP contribution >= 0.6 is 0 Å². The van der Waals surface area contributed by atoms with Crippen molar-refractivity contribution in [1.82, 2.24) is 20.3 Å². The Hall–Kier alpha value is -4.06. The number of aryl methyl sites for hydroxylation is 1. The number of aromatic nitrogens is 3. The third-order valence-corrected chi connectivity index (χ3v) is 5.76. The maximum absolute atomic E-state index is 12.8. The fourth-order valence-corrected chi connectivity index (χ4v) is 4.06. The molecule has 0 saturated carbocycles. The lowest BCUT2D eigenvalue weighted by Gasteiger charge is -2.24. The van der Waals surface area contributed by atoms with E-state index < -0.39 is 5.56 Å². The van der Waals surface area contributed by atoms with Crippen molar-refractivity contribution in [3.8, 4) is 22.6 Å². The summed E-state index contributed by atoms with van der Waals surface area (Å²) in [5, 5.41) is 3.01. The normalized spacial score (nSPS) is 15.1. The maximum atomic E-state index is 12.8. The summed E-state index contributed by atoms with van der Waals surface area (Å²) < 4.78 is 0. The molecule has 1 amide bonds. The smallest absolute Gasteiger partial charge is 0.261 e. The van der Waals surface area contributed by atoms with Crippen LogP contribution in [0.25, 0.3) is 22.6 Å². The first-order valence-corrected chi connectivity index (χ1v) is 10.7. The van der Waals surface area contributed by atoms with Crippen LogP contribution in [-0.2, 0) is 12.8 Å². The zero-order valence-electron chi connectivity index (χ0n) is 17.4. The number of amides is 1. The fraction of sp³-hybridized carbons (Fsp3) is 0.154. The molecule has 1 aliphatic carbocycles. The van der Waals surface area contributed by atoms with Gasteiger partial charge in [-0.1, -0.05) is 60.7 Å². The molecule has 2 aromatic carbocycles. The van der Waals surface area contributed by atoms with Crippen molar-refractivity contribution < 1.29 is 4.79 Å².